The summed E-state index contributed by atoms with van der Waals surface area (Å²) in [4.78, 5) is 0. The Balaban J connectivity index is 2.19. The average Bonchev–Trinajstić information content (AvgIpc) is 2.97. The number of halogens is 4. The van der Waals surface area contributed by atoms with Crippen molar-refractivity contribution in [3.8, 4) is 6.07 Å². The van der Waals surface area contributed by atoms with Crippen LogP contribution < -0.4 is 4.72 Å². The van der Waals surface area contributed by atoms with Crippen LogP contribution in [0.1, 0.15) is 22.7 Å². The van der Waals surface area contributed by atoms with E-state index in [4.69, 9.17) is 16.9 Å². The minimum Gasteiger partial charge on any atom is -0.343 e. The molecule has 1 unspecified atom stereocenters. The molecule has 1 N–H and O–H groups in total. The molecule has 0 fully saturated rings. The number of rotatable bonds is 5. The number of nitriles is 1. The molecule has 2 aromatic carbocycles. The van der Waals surface area contributed by atoms with Gasteiger partial charge in [-0.05, 0) is 29.8 Å². The Hall–Kier alpha value is -2.54. The third-order valence-corrected chi connectivity index (χ3v) is 5.19. The summed E-state index contributed by atoms with van der Waals surface area (Å²) in [6.07, 6.45) is -2.92. The number of aromatic nitrogens is 1. The number of hydrogen-bond donors (Lipinski definition) is 1. The van der Waals surface area contributed by atoms with Gasteiger partial charge in [-0.1, -0.05) is 29.8 Å². The van der Waals surface area contributed by atoms with Gasteiger partial charge < -0.3 is 4.57 Å². The van der Waals surface area contributed by atoms with Gasteiger partial charge in [0.05, 0.1) is 17.9 Å². The van der Waals surface area contributed by atoms with Gasteiger partial charge in [-0.2, -0.15) is 23.2 Å². The Labute approximate surface area is 170 Å². The number of hydrogen-bond acceptors (Lipinski definition) is 3. The van der Waals surface area contributed by atoms with Gasteiger partial charge in [-0.25, -0.2) is 8.42 Å². The summed E-state index contributed by atoms with van der Waals surface area (Å²) >= 11 is 5.87. The standard InChI is InChI=1S/C19H15ClF3N3O2S/c1-29(27,28)25-18(19(21,22)23)16-11-26(10-12-2-5-14(20)6-3-12)17-8-13(9-24)4-7-15(16)17/h2-8,11,18,25H,10H2,1H3. The van der Waals surface area contributed by atoms with Crippen LogP contribution in [-0.2, 0) is 16.6 Å². The lowest BCUT2D eigenvalue weighted by molar-refractivity contribution is -0.152. The quantitative estimate of drug-likeness (QED) is 0.639. The van der Waals surface area contributed by atoms with Gasteiger partial charge in [0, 0.05) is 34.2 Å². The molecule has 3 aromatic rings. The second kappa shape index (κ2) is 7.71. The molecule has 5 nitrogen and oxygen atoms in total. The van der Waals surface area contributed by atoms with E-state index in [-0.39, 0.29) is 23.1 Å². The molecule has 152 valence electrons. The van der Waals surface area contributed by atoms with Crippen molar-refractivity contribution < 1.29 is 21.6 Å². The van der Waals surface area contributed by atoms with E-state index < -0.39 is 22.2 Å². The number of nitrogens with zero attached hydrogens (tertiary/aromatic N) is 2. The monoisotopic (exact) mass is 441 g/mol. The molecule has 0 aliphatic carbocycles. The van der Waals surface area contributed by atoms with Crippen molar-refractivity contribution in [1.82, 2.24) is 9.29 Å². The Morgan fingerprint density at radius 1 is 1.21 bits per heavy atom. The fourth-order valence-corrected chi connectivity index (χ4v) is 3.87. The lowest BCUT2D eigenvalue weighted by Crippen LogP contribution is -2.37. The zero-order valence-electron chi connectivity index (χ0n) is 15.0. The molecule has 0 radical (unpaired) electrons. The van der Waals surface area contributed by atoms with Crippen LogP contribution in [0, 0.1) is 11.3 Å². The minimum absolute atomic E-state index is 0.205. The van der Waals surface area contributed by atoms with Gasteiger partial charge in [-0.3, -0.25) is 0 Å². The van der Waals surface area contributed by atoms with E-state index in [2.05, 4.69) is 0 Å². The fourth-order valence-electron chi connectivity index (χ4n) is 3.06. The zero-order valence-corrected chi connectivity index (χ0v) is 16.6. The first-order valence-electron chi connectivity index (χ1n) is 8.29. The largest absolute Gasteiger partial charge is 0.408 e. The van der Waals surface area contributed by atoms with Gasteiger partial charge in [0.15, 0.2) is 0 Å². The van der Waals surface area contributed by atoms with Crippen LogP contribution >= 0.6 is 11.6 Å². The van der Waals surface area contributed by atoms with E-state index in [9.17, 15) is 21.6 Å². The van der Waals surface area contributed by atoms with Crippen LogP contribution in [0.5, 0.6) is 0 Å². The van der Waals surface area contributed by atoms with Gasteiger partial charge >= 0.3 is 6.18 Å². The molecule has 1 aromatic heterocycles. The Morgan fingerprint density at radius 2 is 1.86 bits per heavy atom. The molecule has 0 bridgehead atoms. The average molecular weight is 442 g/mol. The molecule has 3 rings (SSSR count). The van der Waals surface area contributed by atoms with Crippen molar-refractivity contribution in [2.75, 3.05) is 6.26 Å². The zero-order chi connectivity index (χ0) is 21.4. The molecule has 0 saturated carbocycles. The molecule has 0 spiro atoms. The van der Waals surface area contributed by atoms with E-state index >= 15 is 0 Å². The molecule has 0 aliphatic heterocycles. The number of benzene rings is 2. The molecule has 1 atom stereocenters. The van der Waals surface area contributed by atoms with Crippen molar-refractivity contribution >= 4 is 32.5 Å². The molecular formula is C19H15ClF3N3O2S. The van der Waals surface area contributed by atoms with E-state index in [0.717, 1.165) is 5.56 Å². The maximum Gasteiger partial charge on any atom is 0.408 e. The Morgan fingerprint density at radius 3 is 2.41 bits per heavy atom. The summed E-state index contributed by atoms with van der Waals surface area (Å²) < 4.78 is 67.4. The first kappa shape index (κ1) is 21.2. The molecule has 0 saturated heterocycles. The molecule has 0 amide bonds. The summed E-state index contributed by atoms with van der Waals surface area (Å²) in [6.45, 7) is 0.214. The van der Waals surface area contributed by atoms with Crippen molar-refractivity contribution in [2.24, 2.45) is 0 Å². The van der Waals surface area contributed by atoms with Gasteiger partial charge in [0.1, 0.15) is 6.04 Å². The SMILES string of the molecule is CS(=O)(=O)NC(c1cn(Cc2ccc(Cl)cc2)c2cc(C#N)ccc12)C(F)(F)F. The van der Waals surface area contributed by atoms with Crippen LogP contribution in [0.25, 0.3) is 10.9 Å². The molecule has 10 heteroatoms. The van der Waals surface area contributed by atoms with Crippen LogP contribution in [0.3, 0.4) is 0 Å². The Bertz CT molecular complexity index is 1200. The van der Waals surface area contributed by atoms with E-state index in [0.29, 0.717) is 16.8 Å². The van der Waals surface area contributed by atoms with Crippen LogP contribution in [-0.4, -0.2) is 25.4 Å². The third-order valence-electron chi connectivity index (χ3n) is 4.28. The topological polar surface area (TPSA) is 74.9 Å². The summed E-state index contributed by atoms with van der Waals surface area (Å²) in [5.74, 6) is 0. The number of alkyl halides is 3. The number of sulfonamides is 1. The highest BCUT2D eigenvalue weighted by atomic mass is 35.5. The number of fused-ring (bicyclic) bond motifs is 1. The first-order chi connectivity index (χ1) is 13.5. The number of nitrogens with one attached hydrogen (secondary N) is 1. The normalized spacial score (nSPS) is 13.4. The van der Waals surface area contributed by atoms with E-state index in [1.54, 1.807) is 33.6 Å². The summed E-state index contributed by atoms with van der Waals surface area (Å²) in [6, 6.07) is 10.6. The lowest BCUT2D eigenvalue weighted by atomic mass is 10.0. The predicted octanol–water partition coefficient (Wildman–Crippen LogP) is 4.37. The summed E-state index contributed by atoms with van der Waals surface area (Å²) in [5, 5.41) is 9.89. The summed E-state index contributed by atoms with van der Waals surface area (Å²) in [7, 11) is -4.14. The maximum atomic E-state index is 13.7. The smallest absolute Gasteiger partial charge is 0.343 e. The molecule has 29 heavy (non-hydrogen) atoms. The highest BCUT2D eigenvalue weighted by molar-refractivity contribution is 7.88. The second-order valence-electron chi connectivity index (χ2n) is 6.55. The third kappa shape index (κ3) is 4.90. The fraction of sp³-hybridized carbons (Fsp3) is 0.211. The van der Waals surface area contributed by atoms with Gasteiger partial charge in [-0.15, -0.1) is 0 Å². The maximum absolute atomic E-state index is 13.7. The minimum atomic E-state index is -4.85. The van der Waals surface area contributed by atoms with Gasteiger partial charge in [0.25, 0.3) is 0 Å². The van der Waals surface area contributed by atoms with E-state index in [1.807, 2.05) is 6.07 Å². The first-order valence-corrected chi connectivity index (χ1v) is 10.6. The van der Waals surface area contributed by atoms with Crippen LogP contribution in [0.15, 0.2) is 48.7 Å². The van der Waals surface area contributed by atoms with Crippen LogP contribution in [0.2, 0.25) is 5.02 Å². The Kier molecular flexibility index (Phi) is 5.63. The highest BCUT2D eigenvalue weighted by Crippen LogP contribution is 2.38. The highest BCUT2D eigenvalue weighted by Gasteiger charge is 2.44. The molecule has 1 heterocycles. The van der Waals surface area contributed by atoms with Crippen LogP contribution in [0.4, 0.5) is 13.2 Å². The van der Waals surface area contributed by atoms with Crippen molar-refractivity contribution in [3.63, 3.8) is 0 Å². The van der Waals surface area contributed by atoms with Crippen molar-refractivity contribution in [2.45, 2.75) is 18.8 Å². The van der Waals surface area contributed by atoms with Gasteiger partial charge in [0.2, 0.25) is 10.0 Å². The summed E-state index contributed by atoms with van der Waals surface area (Å²) in [5.41, 5.74) is 1.20. The lowest BCUT2D eigenvalue weighted by Gasteiger charge is -2.20. The van der Waals surface area contributed by atoms with Crippen molar-refractivity contribution in [1.29, 1.82) is 5.26 Å². The van der Waals surface area contributed by atoms with Crippen molar-refractivity contribution in [3.05, 3.63) is 70.4 Å². The predicted molar refractivity (Wildman–Crippen MR) is 104 cm³/mol. The second-order valence-corrected chi connectivity index (χ2v) is 8.76. The molecule has 0 aliphatic rings. The molecular weight excluding hydrogens is 427 g/mol. The van der Waals surface area contributed by atoms with E-state index in [1.165, 1.54) is 24.4 Å².